The van der Waals surface area contributed by atoms with Crippen LogP contribution in [0.5, 0.6) is 0 Å². The second-order valence-electron chi connectivity index (χ2n) is 6.87. The van der Waals surface area contributed by atoms with Crippen molar-refractivity contribution in [2.24, 2.45) is 0 Å². The molecule has 1 fully saturated rings. The fraction of sp³-hybridized carbons (Fsp3) is 0.300. The molecule has 7 nitrogen and oxygen atoms in total. The molecule has 3 aromatic rings. The SMILES string of the molecule is Cc1nc2c(F)cc(CN3CCN(c4cccnc4C#N)CC3)cc2[nH]c1=O. The number of benzene rings is 1. The fourth-order valence-electron chi connectivity index (χ4n) is 3.53. The summed E-state index contributed by atoms with van der Waals surface area (Å²) in [6, 6.07) is 9.14. The molecule has 28 heavy (non-hydrogen) atoms. The summed E-state index contributed by atoms with van der Waals surface area (Å²) in [5.74, 6) is -0.431. The topological polar surface area (TPSA) is 88.9 Å². The van der Waals surface area contributed by atoms with Gasteiger partial charge in [0.25, 0.3) is 5.56 Å². The van der Waals surface area contributed by atoms with Gasteiger partial charge in [0.2, 0.25) is 0 Å². The molecule has 1 aliphatic rings. The molecule has 0 bridgehead atoms. The van der Waals surface area contributed by atoms with Crippen molar-refractivity contribution in [2.75, 3.05) is 31.1 Å². The van der Waals surface area contributed by atoms with E-state index < -0.39 is 5.82 Å². The molecule has 1 aromatic carbocycles. The van der Waals surface area contributed by atoms with Crippen LogP contribution in [0.15, 0.2) is 35.3 Å². The largest absolute Gasteiger partial charge is 0.367 e. The van der Waals surface area contributed by atoms with Crippen molar-refractivity contribution in [1.82, 2.24) is 19.9 Å². The Hall–Kier alpha value is -3.31. The summed E-state index contributed by atoms with van der Waals surface area (Å²) >= 11 is 0. The van der Waals surface area contributed by atoms with E-state index in [1.165, 1.54) is 6.07 Å². The molecule has 2 aromatic heterocycles. The van der Waals surface area contributed by atoms with Gasteiger partial charge in [0.15, 0.2) is 11.5 Å². The first kappa shape index (κ1) is 18.1. The van der Waals surface area contributed by atoms with Crippen molar-refractivity contribution in [1.29, 1.82) is 5.26 Å². The van der Waals surface area contributed by atoms with Gasteiger partial charge in [-0.15, -0.1) is 0 Å². The normalized spacial score (nSPS) is 15.0. The van der Waals surface area contributed by atoms with Gasteiger partial charge in [-0.25, -0.2) is 14.4 Å². The van der Waals surface area contributed by atoms with E-state index in [1.807, 2.05) is 12.1 Å². The maximum atomic E-state index is 14.4. The monoisotopic (exact) mass is 378 g/mol. The molecule has 1 aliphatic heterocycles. The molecule has 8 heteroatoms. The highest BCUT2D eigenvalue weighted by Gasteiger charge is 2.20. The number of H-pyrrole nitrogens is 1. The van der Waals surface area contributed by atoms with Gasteiger partial charge in [0.1, 0.15) is 17.3 Å². The van der Waals surface area contributed by atoms with Crippen molar-refractivity contribution in [2.45, 2.75) is 13.5 Å². The van der Waals surface area contributed by atoms with Crippen molar-refractivity contribution in [3.05, 3.63) is 63.6 Å². The number of fused-ring (bicyclic) bond motifs is 1. The molecule has 3 heterocycles. The Morgan fingerprint density at radius 3 is 2.82 bits per heavy atom. The number of nitriles is 1. The van der Waals surface area contributed by atoms with Gasteiger partial charge in [0.05, 0.1) is 11.2 Å². The summed E-state index contributed by atoms with van der Waals surface area (Å²) in [6.07, 6.45) is 1.62. The Labute approximate surface area is 161 Å². The third-order valence-corrected chi connectivity index (χ3v) is 4.99. The number of hydrogen-bond acceptors (Lipinski definition) is 6. The highest BCUT2D eigenvalue weighted by Crippen LogP contribution is 2.21. The van der Waals surface area contributed by atoms with E-state index in [9.17, 15) is 14.4 Å². The van der Waals surface area contributed by atoms with Crippen LogP contribution in [0.2, 0.25) is 0 Å². The third-order valence-electron chi connectivity index (χ3n) is 4.99. The number of rotatable bonds is 3. The quantitative estimate of drug-likeness (QED) is 0.750. The molecule has 0 unspecified atom stereocenters. The van der Waals surface area contributed by atoms with Crippen molar-refractivity contribution >= 4 is 16.7 Å². The lowest BCUT2D eigenvalue weighted by atomic mass is 10.1. The summed E-state index contributed by atoms with van der Waals surface area (Å²) in [5.41, 5.74) is 2.62. The standard InChI is InChI=1S/C20H19FN6O/c1-13-20(28)25-16-10-14(9-15(21)19(16)24-13)12-26-5-7-27(8-6-26)18-3-2-4-23-17(18)11-22/h2-4,9-10H,5-8,12H2,1H3,(H,25,28). The first-order valence-electron chi connectivity index (χ1n) is 9.06. The smallest absolute Gasteiger partial charge is 0.269 e. The van der Waals surface area contributed by atoms with Crippen molar-refractivity contribution in [3.63, 3.8) is 0 Å². The van der Waals surface area contributed by atoms with E-state index in [0.717, 1.165) is 37.4 Å². The summed E-state index contributed by atoms with van der Waals surface area (Å²) < 4.78 is 14.4. The number of hydrogen-bond donors (Lipinski definition) is 1. The molecular formula is C20H19FN6O. The zero-order valence-electron chi connectivity index (χ0n) is 15.4. The summed E-state index contributed by atoms with van der Waals surface area (Å²) in [5, 5.41) is 9.23. The van der Waals surface area contributed by atoms with Gasteiger partial charge in [0, 0.05) is 38.9 Å². The first-order valence-corrected chi connectivity index (χ1v) is 9.06. The zero-order valence-corrected chi connectivity index (χ0v) is 15.4. The van der Waals surface area contributed by atoms with Gasteiger partial charge in [-0.05, 0) is 36.8 Å². The fourth-order valence-corrected chi connectivity index (χ4v) is 3.53. The Kier molecular flexibility index (Phi) is 4.75. The molecule has 4 rings (SSSR count). The predicted molar refractivity (Wildman–Crippen MR) is 104 cm³/mol. The summed E-state index contributed by atoms with van der Waals surface area (Å²) in [6.45, 7) is 5.21. The average Bonchev–Trinajstić information content (AvgIpc) is 2.70. The molecule has 0 atom stereocenters. The predicted octanol–water partition coefficient (Wildman–Crippen LogP) is 1.96. The Balaban J connectivity index is 1.49. The van der Waals surface area contributed by atoms with Gasteiger partial charge in [-0.1, -0.05) is 0 Å². The van der Waals surface area contributed by atoms with E-state index in [-0.39, 0.29) is 16.8 Å². The highest BCUT2D eigenvalue weighted by atomic mass is 19.1. The minimum atomic E-state index is -0.431. The van der Waals surface area contributed by atoms with Gasteiger partial charge < -0.3 is 9.88 Å². The van der Waals surface area contributed by atoms with Crippen LogP contribution < -0.4 is 10.5 Å². The van der Waals surface area contributed by atoms with Crippen LogP contribution in [-0.2, 0) is 6.54 Å². The second-order valence-corrected chi connectivity index (χ2v) is 6.87. The van der Waals surface area contributed by atoms with E-state index >= 15 is 0 Å². The third kappa shape index (κ3) is 3.44. The Morgan fingerprint density at radius 1 is 1.29 bits per heavy atom. The summed E-state index contributed by atoms with van der Waals surface area (Å²) in [7, 11) is 0. The van der Waals surface area contributed by atoms with Crippen molar-refractivity contribution in [3.8, 4) is 6.07 Å². The van der Waals surface area contributed by atoms with E-state index in [4.69, 9.17) is 0 Å². The van der Waals surface area contributed by atoms with E-state index in [2.05, 4.69) is 30.8 Å². The van der Waals surface area contributed by atoms with Gasteiger partial charge >= 0.3 is 0 Å². The van der Waals surface area contributed by atoms with Crippen molar-refractivity contribution < 1.29 is 4.39 Å². The minimum Gasteiger partial charge on any atom is -0.367 e. The summed E-state index contributed by atoms with van der Waals surface area (Å²) in [4.78, 5) is 27.0. The van der Waals surface area contributed by atoms with Crippen LogP contribution in [0.3, 0.4) is 0 Å². The lowest BCUT2D eigenvalue weighted by molar-refractivity contribution is 0.249. The number of nitrogens with zero attached hydrogens (tertiary/aromatic N) is 5. The molecule has 0 radical (unpaired) electrons. The van der Waals surface area contributed by atoms with E-state index in [1.54, 1.807) is 19.2 Å². The molecule has 0 amide bonds. The molecule has 142 valence electrons. The lowest BCUT2D eigenvalue weighted by Crippen LogP contribution is -2.46. The van der Waals surface area contributed by atoms with E-state index in [0.29, 0.717) is 17.8 Å². The van der Waals surface area contributed by atoms with Crippen LogP contribution in [0.1, 0.15) is 17.0 Å². The molecular weight excluding hydrogens is 359 g/mol. The maximum Gasteiger partial charge on any atom is 0.269 e. The molecule has 0 saturated carbocycles. The number of aromatic nitrogens is 3. The average molecular weight is 378 g/mol. The number of piperazine rings is 1. The van der Waals surface area contributed by atoms with Crippen LogP contribution in [-0.4, -0.2) is 46.0 Å². The number of aryl methyl sites for hydroxylation is 1. The zero-order chi connectivity index (χ0) is 19.7. The number of halogens is 1. The Morgan fingerprint density at radius 2 is 2.07 bits per heavy atom. The maximum absolute atomic E-state index is 14.4. The lowest BCUT2D eigenvalue weighted by Gasteiger charge is -2.36. The van der Waals surface area contributed by atoms with Crippen LogP contribution in [0.4, 0.5) is 10.1 Å². The number of aromatic amines is 1. The van der Waals surface area contributed by atoms with Crippen LogP contribution in [0.25, 0.3) is 11.0 Å². The number of nitrogens with one attached hydrogen (secondary N) is 1. The first-order chi connectivity index (χ1) is 13.5. The minimum absolute atomic E-state index is 0.186. The van der Waals surface area contributed by atoms with Crippen LogP contribution >= 0.6 is 0 Å². The van der Waals surface area contributed by atoms with Crippen LogP contribution in [0, 0.1) is 24.1 Å². The number of anilines is 1. The molecule has 1 saturated heterocycles. The second kappa shape index (κ2) is 7.37. The van der Waals surface area contributed by atoms with Gasteiger partial charge in [-0.3, -0.25) is 9.69 Å². The molecule has 0 spiro atoms. The number of pyridine rings is 1. The van der Waals surface area contributed by atoms with Gasteiger partial charge in [-0.2, -0.15) is 5.26 Å². The molecule has 1 N–H and O–H groups in total. The Bertz CT molecular complexity index is 1130. The molecule has 0 aliphatic carbocycles. The highest BCUT2D eigenvalue weighted by molar-refractivity contribution is 5.75.